The Bertz CT molecular complexity index is 2550. The summed E-state index contributed by atoms with van der Waals surface area (Å²) in [5, 5.41) is 6.43. The summed E-state index contributed by atoms with van der Waals surface area (Å²) < 4.78 is 3.78. The zero-order valence-corrected chi connectivity index (χ0v) is 28.7. The van der Waals surface area contributed by atoms with E-state index < -0.39 is 0 Å². The molecule has 0 fully saturated rings. The maximum Gasteiger partial charge on any atom is 0.115 e. The molecule has 2 aromatic heterocycles. The number of nitrogens with zero attached hydrogens (tertiary/aromatic N) is 3. The summed E-state index contributed by atoms with van der Waals surface area (Å²) in [6, 6.07) is 47.5. The van der Waals surface area contributed by atoms with Gasteiger partial charge in [-0.25, -0.2) is 0 Å². The van der Waals surface area contributed by atoms with Crippen molar-refractivity contribution in [1.29, 1.82) is 0 Å². The third-order valence-electron chi connectivity index (χ3n) is 9.51. The maximum atomic E-state index is 5.40. The van der Waals surface area contributed by atoms with Gasteiger partial charge in [-0.05, 0) is 65.2 Å². The fraction of sp³-hybridized carbons (Fsp3) is 0.111. The molecule has 1 aliphatic carbocycles. The first kappa shape index (κ1) is 30.7. The number of thiophene rings is 1. The smallest absolute Gasteiger partial charge is 0.115 e. The summed E-state index contributed by atoms with van der Waals surface area (Å²) in [7, 11) is 0. The predicted octanol–water partition coefficient (Wildman–Crippen LogP) is 12.1. The Labute approximate surface area is 291 Å². The summed E-state index contributed by atoms with van der Waals surface area (Å²) in [5.41, 5.74) is 10.4. The second kappa shape index (κ2) is 13.1. The summed E-state index contributed by atoms with van der Waals surface area (Å²) in [5.74, 6) is 0. The van der Waals surface area contributed by atoms with E-state index in [1.54, 1.807) is 0 Å². The van der Waals surface area contributed by atoms with Crippen LogP contribution in [0.1, 0.15) is 35.4 Å². The van der Waals surface area contributed by atoms with Gasteiger partial charge in [0.25, 0.3) is 0 Å². The Morgan fingerprint density at radius 3 is 2.22 bits per heavy atom. The number of aromatic nitrogens is 1. The van der Waals surface area contributed by atoms with Crippen LogP contribution in [0, 0.1) is 0 Å². The predicted molar refractivity (Wildman–Crippen MR) is 213 cm³/mol. The highest BCUT2D eigenvalue weighted by Gasteiger charge is 2.25. The molecule has 0 aliphatic heterocycles. The van der Waals surface area contributed by atoms with Gasteiger partial charge in [-0.1, -0.05) is 135 Å². The lowest BCUT2D eigenvalue weighted by Gasteiger charge is -2.17. The van der Waals surface area contributed by atoms with E-state index in [-0.39, 0.29) is 0 Å². The van der Waals surface area contributed by atoms with Crippen molar-refractivity contribution >= 4 is 72.1 Å². The highest BCUT2D eigenvalue weighted by Crippen LogP contribution is 2.48. The SMILES string of the molecule is C=N/C(=C\C(=N/Cn1c2ccc3ccccc3c2c2ccc3sc4c(c3c21)-c1ccccc1CC4)c1ccccc1)c1ccccc1.CC. The number of benzene rings is 6. The number of aryl methyl sites for hydroxylation is 2. The van der Waals surface area contributed by atoms with E-state index in [1.807, 2.05) is 49.4 Å². The molecule has 3 nitrogen and oxygen atoms in total. The van der Waals surface area contributed by atoms with Crippen LogP contribution in [-0.2, 0) is 19.5 Å². The molecule has 49 heavy (non-hydrogen) atoms. The largest absolute Gasteiger partial charge is 0.320 e. The molecular weight excluding hydrogens is 615 g/mol. The molecule has 1 aliphatic rings. The lowest BCUT2D eigenvalue weighted by molar-refractivity contribution is 0.796. The number of rotatable bonds is 6. The number of hydrogen-bond donors (Lipinski definition) is 0. The van der Waals surface area contributed by atoms with Crippen LogP contribution in [0.2, 0.25) is 0 Å². The van der Waals surface area contributed by atoms with Crippen LogP contribution < -0.4 is 0 Å². The van der Waals surface area contributed by atoms with Gasteiger partial charge in [-0.2, -0.15) is 0 Å². The first-order valence-corrected chi connectivity index (χ1v) is 17.9. The van der Waals surface area contributed by atoms with Crippen LogP contribution in [0.5, 0.6) is 0 Å². The molecule has 9 rings (SSSR count). The van der Waals surface area contributed by atoms with Gasteiger partial charge < -0.3 is 4.57 Å². The molecule has 6 aromatic carbocycles. The molecule has 0 spiro atoms. The van der Waals surface area contributed by atoms with Crippen LogP contribution in [0.3, 0.4) is 0 Å². The van der Waals surface area contributed by atoms with Crippen LogP contribution in [0.15, 0.2) is 150 Å². The second-order valence-electron chi connectivity index (χ2n) is 12.1. The Morgan fingerprint density at radius 1 is 0.714 bits per heavy atom. The summed E-state index contributed by atoms with van der Waals surface area (Å²) in [4.78, 5) is 11.3. The Morgan fingerprint density at radius 2 is 1.43 bits per heavy atom. The summed E-state index contributed by atoms with van der Waals surface area (Å²) in [6.07, 6.45) is 4.23. The minimum atomic E-state index is 0.462. The Kier molecular flexibility index (Phi) is 8.24. The lowest BCUT2D eigenvalue weighted by atomic mass is 9.88. The van der Waals surface area contributed by atoms with Gasteiger partial charge in [0.05, 0.1) is 22.4 Å². The summed E-state index contributed by atoms with van der Waals surface area (Å²) in [6.45, 7) is 8.38. The normalized spacial score (nSPS) is 12.9. The van der Waals surface area contributed by atoms with Gasteiger partial charge in [-0.15, -0.1) is 11.3 Å². The summed E-state index contributed by atoms with van der Waals surface area (Å²) >= 11 is 1.95. The first-order valence-electron chi connectivity index (χ1n) is 17.1. The van der Waals surface area contributed by atoms with Crippen molar-refractivity contribution in [3.63, 3.8) is 0 Å². The molecule has 0 saturated carbocycles. The van der Waals surface area contributed by atoms with E-state index in [0.29, 0.717) is 6.67 Å². The molecule has 8 aromatic rings. The van der Waals surface area contributed by atoms with Gasteiger partial charge in [0, 0.05) is 36.9 Å². The van der Waals surface area contributed by atoms with Gasteiger partial charge in [0.15, 0.2) is 0 Å². The molecule has 4 heteroatoms. The van der Waals surface area contributed by atoms with E-state index in [4.69, 9.17) is 4.99 Å². The highest BCUT2D eigenvalue weighted by atomic mass is 32.1. The molecule has 0 saturated heterocycles. The van der Waals surface area contributed by atoms with Gasteiger partial charge >= 0.3 is 0 Å². The molecule has 2 heterocycles. The minimum absolute atomic E-state index is 0.462. The van der Waals surface area contributed by atoms with Gasteiger partial charge in [0.1, 0.15) is 6.67 Å². The third-order valence-corrected chi connectivity index (χ3v) is 10.7. The van der Waals surface area contributed by atoms with Crippen LogP contribution in [-0.4, -0.2) is 17.0 Å². The van der Waals surface area contributed by atoms with Crippen molar-refractivity contribution in [2.45, 2.75) is 33.4 Å². The average molecular weight is 652 g/mol. The molecule has 0 N–H and O–H groups in total. The first-order chi connectivity index (χ1) is 24.3. The zero-order chi connectivity index (χ0) is 33.3. The van der Waals surface area contributed by atoms with Crippen LogP contribution in [0.4, 0.5) is 0 Å². The van der Waals surface area contributed by atoms with Crippen molar-refractivity contribution in [2.75, 3.05) is 0 Å². The highest BCUT2D eigenvalue weighted by molar-refractivity contribution is 7.20. The van der Waals surface area contributed by atoms with Crippen LogP contribution in [0.25, 0.3) is 59.5 Å². The van der Waals surface area contributed by atoms with E-state index in [9.17, 15) is 0 Å². The quantitative estimate of drug-likeness (QED) is 0.160. The van der Waals surface area contributed by atoms with Crippen molar-refractivity contribution in [3.8, 4) is 11.1 Å². The maximum absolute atomic E-state index is 5.40. The average Bonchev–Trinajstić information content (AvgIpc) is 3.72. The van der Waals surface area contributed by atoms with Crippen LogP contribution >= 0.6 is 11.3 Å². The van der Waals surface area contributed by atoms with Crippen molar-refractivity contribution < 1.29 is 0 Å². The lowest BCUT2D eigenvalue weighted by Crippen LogP contribution is -2.04. The van der Waals surface area contributed by atoms with Crippen molar-refractivity contribution in [2.24, 2.45) is 9.98 Å². The Hall–Kier alpha value is -5.58. The van der Waals surface area contributed by atoms with E-state index in [2.05, 4.69) is 132 Å². The van der Waals surface area contributed by atoms with E-state index >= 15 is 0 Å². The van der Waals surface area contributed by atoms with E-state index in [0.717, 1.165) is 35.4 Å². The zero-order valence-electron chi connectivity index (χ0n) is 27.9. The number of aliphatic imine (C=N–C) groups is 2. The third kappa shape index (κ3) is 5.29. The fourth-order valence-corrected chi connectivity index (χ4v) is 8.59. The standard InChI is InChI=1S/C43H31N3S.C2H6/c1-44-35(30-14-4-2-5-15-30)26-36(31-16-6-3-7-17-31)45-27-46-37-23-20-28-12-8-10-18-32(28)40(37)34-22-25-39-42(43(34)46)41-33-19-11-9-13-29(33)21-24-38(41)47-39;1-2/h2-20,22-23,25-26H,1,21,24,27H2;1-2H3/b35-26-,45-36+;. The van der Waals surface area contributed by atoms with E-state index in [1.165, 1.54) is 64.2 Å². The van der Waals surface area contributed by atoms with Gasteiger partial charge in [0.2, 0.25) is 0 Å². The van der Waals surface area contributed by atoms with Crippen molar-refractivity contribution in [3.05, 3.63) is 161 Å². The topological polar surface area (TPSA) is 29.6 Å². The fourth-order valence-electron chi connectivity index (χ4n) is 7.37. The van der Waals surface area contributed by atoms with Gasteiger partial charge in [-0.3, -0.25) is 9.98 Å². The molecule has 0 radical (unpaired) electrons. The number of fused-ring (bicyclic) bond motifs is 11. The molecule has 0 atom stereocenters. The molecular formula is C45H37N3S. The Balaban J connectivity index is 0.00000171. The molecule has 0 unspecified atom stereocenters. The number of allylic oxidation sites excluding steroid dienone is 1. The molecule has 0 amide bonds. The molecule has 238 valence electrons. The minimum Gasteiger partial charge on any atom is -0.320 e. The number of hydrogen-bond acceptors (Lipinski definition) is 3. The monoisotopic (exact) mass is 651 g/mol. The van der Waals surface area contributed by atoms with Crippen molar-refractivity contribution in [1.82, 2.24) is 4.57 Å². The second-order valence-corrected chi connectivity index (χ2v) is 13.2. The molecule has 0 bridgehead atoms.